The zero-order valence-electron chi connectivity index (χ0n) is 12.6. The number of likely N-dealkylation sites (tertiary alicyclic amines) is 1. The summed E-state index contributed by atoms with van der Waals surface area (Å²) in [7, 11) is 0. The number of aliphatic hydroxyl groups is 1. The van der Waals surface area contributed by atoms with E-state index in [4.69, 9.17) is 4.74 Å². The molecule has 2 heterocycles. The van der Waals surface area contributed by atoms with Gasteiger partial charge in [0.25, 0.3) is 0 Å². The largest absolute Gasteiger partial charge is 0.444 e. The Hall–Kier alpha value is -0.590. The number of aliphatic hydroxyl groups excluding tert-OH is 1. The van der Waals surface area contributed by atoms with Gasteiger partial charge in [-0.1, -0.05) is 0 Å². The molecule has 1 aromatic heterocycles. The predicted octanol–water partition coefficient (Wildman–Crippen LogP) is 3.67. The number of carbonyl (C=O) groups is 1. The maximum Gasteiger partial charge on any atom is 0.410 e. The third kappa shape index (κ3) is 4.97. The van der Waals surface area contributed by atoms with Crippen molar-refractivity contribution < 1.29 is 14.6 Å². The number of hydrogen-bond acceptors (Lipinski definition) is 4. The molecule has 0 aliphatic carbocycles. The lowest BCUT2D eigenvalue weighted by atomic mass is 9.98. The highest BCUT2D eigenvalue weighted by atomic mass is 79.9. The first kappa shape index (κ1) is 16.8. The molecule has 4 nitrogen and oxygen atoms in total. The van der Waals surface area contributed by atoms with Crippen LogP contribution in [0.15, 0.2) is 15.9 Å². The van der Waals surface area contributed by atoms with E-state index < -0.39 is 11.7 Å². The highest BCUT2D eigenvalue weighted by Crippen LogP contribution is 2.27. The molecule has 1 N–H and O–H groups in total. The van der Waals surface area contributed by atoms with Gasteiger partial charge >= 0.3 is 6.09 Å². The molecule has 0 aromatic carbocycles. The van der Waals surface area contributed by atoms with E-state index in [-0.39, 0.29) is 12.0 Å². The van der Waals surface area contributed by atoms with Crippen molar-refractivity contribution >= 4 is 33.4 Å². The van der Waals surface area contributed by atoms with Gasteiger partial charge in [-0.3, -0.25) is 0 Å². The number of hydrogen-bond donors (Lipinski definition) is 1. The van der Waals surface area contributed by atoms with E-state index in [0.717, 1.165) is 15.1 Å². The fourth-order valence-electron chi connectivity index (χ4n) is 2.43. The van der Waals surface area contributed by atoms with Crippen LogP contribution in [-0.2, 0) is 11.2 Å². The summed E-state index contributed by atoms with van der Waals surface area (Å²) in [6.45, 7) is 6.82. The summed E-state index contributed by atoms with van der Waals surface area (Å²) in [6.07, 6.45) is 0.773. The summed E-state index contributed by atoms with van der Waals surface area (Å²) in [6, 6.07) is 4.02. The number of thiophene rings is 1. The van der Waals surface area contributed by atoms with Crippen LogP contribution in [0.25, 0.3) is 0 Å². The Morgan fingerprint density at radius 1 is 1.57 bits per heavy atom. The van der Waals surface area contributed by atoms with E-state index in [1.165, 1.54) is 0 Å². The van der Waals surface area contributed by atoms with Crippen LogP contribution in [0, 0.1) is 5.92 Å². The lowest BCUT2D eigenvalue weighted by Crippen LogP contribution is -2.36. The second kappa shape index (κ2) is 6.67. The van der Waals surface area contributed by atoms with E-state index in [2.05, 4.69) is 15.9 Å². The topological polar surface area (TPSA) is 49.8 Å². The van der Waals surface area contributed by atoms with E-state index in [1.54, 1.807) is 16.2 Å². The predicted molar refractivity (Wildman–Crippen MR) is 87.6 cm³/mol. The molecule has 0 saturated carbocycles. The third-order valence-electron chi connectivity index (χ3n) is 3.46. The smallest absolute Gasteiger partial charge is 0.410 e. The van der Waals surface area contributed by atoms with E-state index in [1.807, 2.05) is 32.9 Å². The number of amides is 1. The van der Waals surface area contributed by atoms with Crippen LogP contribution in [-0.4, -0.2) is 40.9 Å². The maximum absolute atomic E-state index is 12.0. The maximum atomic E-state index is 12.0. The summed E-state index contributed by atoms with van der Waals surface area (Å²) < 4.78 is 6.45. The Balaban J connectivity index is 1.85. The van der Waals surface area contributed by atoms with Crippen LogP contribution in [0.3, 0.4) is 0 Å². The van der Waals surface area contributed by atoms with Crippen molar-refractivity contribution in [3.63, 3.8) is 0 Å². The molecule has 0 bridgehead atoms. The van der Waals surface area contributed by atoms with E-state index in [0.29, 0.717) is 19.5 Å². The minimum Gasteiger partial charge on any atom is -0.444 e. The Bertz CT molecular complexity index is 497. The van der Waals surface area contributed by atoms with Gasteiger partial charge in [0.1, 0.15) is 5.60 Å². The minimum atomic E-state index is -0.475. The van der Waals surface area contributed by atoms with Crippen LogP contribution >= 0.6 is 27.3 Å². The van der Waals surface area contributed by atoms with Gasteiger partial charge in [-0.05, 0) is 55.3 Å². The molecular weight excluding hydrogens is 354 g/mol. The Kier molecular flexibility index (Phi) is 5.33. The van der Waals surface area contributed by atoms with Gasteiger partial charge < -0.3 is 14.7 Å². The Morgan fingerprint density at radius 3 is 2.86 bits per heavy atom. The van der Waals surface area contributed by atoms with E-state index >= 15 is 0 Å². The summed E-state index contributed by atoms with van der Waals surface area (Å²) in [5.74, 6) is 0.124. The molecular formula is C15H22BrNO3S. The second-order valence-corrected chi connectivity index (χ2v) is 9.00. The molecule has 21 heavy (non-hydrogen) atoms. The number of halogens is 1. The standard InChI is InChI=1S/C15H22BrNO3S/c1-15(2,3)20-14(19)17-7-6-10(9-17)12(18)8-11-4-5-13(16)21-11/h4-5,10,12,18H,6-9H2,1-3H3. The van der Waals surface area contributed by atoms with Gasteiger partial charge in [0.15, 0.2) is 0 Å². The van der Waals surface area contributed by atoms with Crippen molar-refractivity contribution in [1.82, 2.24) is 4.90 Å². The molecule has 1 saturated heterocycles. The third-order valence-corrected chi connectivity index (χ3v) is 5.11. The Labute approximate surface area is 138 Å². The fourth-order valence-corrected chi connectivity index (χ4v) is 3.96. The molecule has 6 heteroatoms. The molecule has 1 aliphatic rings. The molecule has 1 aromatic rings. The monoisotopic (exact) mass is 375 g/mol. The summed E-state index contributed by atoms with van der Waals surface area (Å²) in [4.78, 5) is 14.9. The van der Waals surface area contributed by atoms with E-state index in [9.17, 15) is 9.90 Å². The summed E-state index contributed by atoms with van der Waals surface area (Å²) in [5.41, 5.74) is -0.475. The molecule has 0 spiro atoms. The van der Waals surface area contributed by atoms with Crippen molar-refractivity contribution in [3.8, 4) is 0 Å². The number of carbonyl (C=O) groups excluding carboxylic acids is 1. The van der Waals surface area contributed by atoms with Gasteiger partial charge in [0.05, 0.1) is 9.89 Å². The number of nitrogens with zero attached hydrogens (tertiary/aromatic N) is 1. The van der Waals surface area contributed by atoms with Crippen LogP contribution in [0.1, 0.15) is 32.1 Å². The molecule has 0 radical (unpaired) electrons. The number of rotatable bonds is 3. The average molecular weight is 376 g/mol. The van der Waals surface area contributed by atoms with Crippen LogP contribution in [0.2, 0.25) is 0 Å². The zero-order chi connectivity index (χ0) is 15.6. The van der Waals surface area contributed by atoms with Gasteiger partial charge in [-0.15, -0.1) is 11.3 Å². The number of ether oxygens (including phenoxy) is 1. The van der Waals surface area contributed by atoms with Gasteiger partial charge in [0.2, 0.25) is 0 Å². The van der Waals surface area contributed by atoms with Crippen molar-refractivity contribution in [1.29, 1.82) is 0 Å². The highest BCUT2D eigenvalue weighted by molar-refractivity contribution is 9.11. The van der Waals surface area contributed by atoms with Crippen LogP contribution in [0.4, 0.5) is 4.79 Å². The zero-order valence-corrected chi connectivity index (χ0v) is 15.0. The fraction of sp³-hybridized carbons (Fsp3) is 0.667. The summed E-state index contributed by atoms with van der Waals surface area (Å²) in [5, 5.41) is 10.4. The first-order chi connectivity index (χ1) is 9.74. The first-order valence-electron chi connectivity index (χ1n) is 7.15. The van der Waals surface area contributed by atoms with Gasteiger partial charge in [0, 0.05) is 30.3 Å². The lowest BCUT2D eigenvalue weighted by molar-refractivity contribution is 0.0269. The molecule has 118 valence electrons. The SMILES string of the molecule is CC(C)(C)OC(=O)N1CCC(C(O)Cc2ccc(Br)s2)C1. The van der Waals surface area contributed by atoms with Gasteiger partial charge in [-0.25, -0.2) is 4.79 Å². The van der Waals surface area contributed by atoms with Crippen molar-refractivity contribution in [2.75, 3.05) is 13.1 Å². The average Bonchev–Trinajstić information content (AvgIpc) is 2.96. The Morgan fingerprint density at radius 2 is 2.29 bits per heavy atom. The lowest BCUT2D eigenvalue weighted by Gasteiger charge is -2.25. The molecule has 2 unspecified atom stereocenters. The van der Waals surface area contributed by atoms with Crippen LogP contribution in [0.5, 0.6) is 0 Å². The van der Waals surface area contributed by atoms with Gasteiger partial charge in [-0.2, -0.15) is 0 Å². The van der Waals surface area contributed by atoms with Crippen molar-refractivity contribution in [2.24, 2.45) is 5.92 Å². The quantitative estimate of drug-likeness (QED) is 0.876. The molecule has 1 aliphatic heterocycles. The molecule has 1 amide bonds. The van der Waals surface area contributed by atoms with Crippen LogP contribution < -0.4 is 0 Å². The van der Waals surface area contributed by atoms with Crippen molar-refractivity contribution in [2.45, 2.75) is 45.3 Å². The highest BCUT2D eigenvalue weighted by Gasteiger charge is 2.33. The normalized spacial score (nSPS) is 20.6. The first-order valence-corrected chi connectivity index (χ1v) is 8.76. The minimum absolute atomic E-state index is 0.124. The molecule has 2 atom stereocenters. The molecule has 2 rings (SSSR count). The summed E-state index contributed by atoms with van der Waals surface area (Å²) >= 11 is 5.07. The second-order valence-electron chi connectivity index (χ2n) is 6.45. The van der Waals surface area contributed by atoms with Crippen molar-refractivity contribution in [3.05, 3.63) is 20.8 Å². The molecule has 1 fully saturated rings.